The monoisotopic (exact) mass is 217 g/mol. The van der Waals surface area contributed by atoms with Gasteiger partial charge in [-0.15, -0.1) is 4.99 Å². The van der Waals surface area contributed by atoms with E-state index in [1.54, 1.807) is 25.2 Å². The lowest BCUT2D eigenvalue weighted by Crippen LogP contribution is -1.89. The van der Waals surface area contributed by atoms with Crippen LogP contribution in [0.3, 0.4) is 0 Å². The molecule has 0 amide bonds. The second-order valence-electron chi connectivity index (χ2n) is 3.22. The van der Waals surface area contributed by atoms with Crippen molar-refractivity contribution in [3.63, 3.8) is 0 Å². The van der Waals surface area contributed by atoms with Crippen LogP contribution in [0.5, 0.6) is 0 Å². The Morgan fingerprint density at radius 1 is 1.38 bits per heavy atom. The normalized spacial score (nSPS) is 9.88. The van der Waals surface area contributed by atoms with Crippen LogP contribution in [0.15, 0.2) is 35.3 Å². The Balaban J connectivity index is 2.45. The number of carbonyl (C=O) groups excluding carboxylic acids is 1. The Labute approximate surface area is 91.0 Å². The van der Waals surface area contributed by atoms with E-state index < -0.39 is 0 Å². The third-order valence-electron chi connectivity index (χ3n) is 2.16. The number of rotatable bonds is 2. The molecular weight excluding hydrogens is 209 g/mol. The molecule has 0 bridgehead atoms. The van der Waals surface area contributed by atoms with Crippen LogP contribution in [0.2, 0.25) is 0 Å². The van der Waals surface area contributed by atoms with E-state index >= 15 is 0 Å². The van der Waals surface area contributed by atoms with Gasteiger partial charge < -0.3 is 0 Å². The molecule has 80 valence electrons. The van der Waals surface area contributed by atoms with Crippen molar-refractivity contribution in [1.82, 2.24) is 9.78 Å². The molecule has 0 atom stereocenters. The largest absolute Gasteiger partial charge is 0.250 e. The molecule has 0 N–H and O–H groups in total. The molecule has 0 aliphatic rings. The predicted octanol–water partition coefficient (Wildman–Crippen LogP) is 2.19. The fourth-order valence-electron chi connectivity index (χ4n) is 1.37. The van der Waals surface area contributed by atoms with Crippen LogP contribution in [-0.4, -0.2) is 15.9 Å². The van der Waals surface area contributed by atoms with E-state index in [1.165, 1.54) is 22.9 Å². The number of hydrogen-bond acceptors (Lipinski definition) is 3. The van der Waals surface area contributed by atoms with Crippen LogP contribution in [0, 0.1) is 5.82 Å². The van der Waals surface area contributed by atoms with Crippen molar-refractivity contribution in [1.29, 1.82) is 0 Å². The van der Waals surface area contributed by atoms with Crippen molar-refractivity contribution >= 4 is 11.9 Å². The lowest BCUT2D eigenvalue weighted by Gasteiger charge is -1.94. The van der Waals surface area contributed by atoms with Gasteiger partial charge in [0.1, 0.15) is 5.82 Å². The van der Waals surface area contributed by atoms with Gasteiger partial charge in [0.15, 0.2) is 5.82 Å². The molecule has 0 aliphatic heterocycles. The summed E-state index contributed by atoms with van der Waals surface area (Å²) in [4.78, 5) is 13.6. The summed E-state index contributed by atoms with van der Waals surface area (Å²) in [5, 5.41) is 4.15. The zero-order valence-electron chi connectivity index (χ0n) is 8.51. The van der Waals surface area contributed by atoms with Gasteiger partial charge in [-0.25, -0.2) is 13.9 Å². The maximum Gasteiger partial charge on any atom is 0.242 e. The molecule has 1 heterocycles. The predicted molar refractivity (Wildman–Crippen MR) is 56.4 cm³/mol. The van der Waals surface area contributed by atoms with Crippen molar-refractivity contribution in [2.75, 3.05) is 0 Å². The average Bonchev–Trinajstić information content (AvgIpc) is 2.62. The Bertz CT molecular complexity index is 553. The summed E-state index contributed by atoms with van der Waals surface area (Å²) in [6, 6.07) is 7.58. The van der Waals surface area contributed by atoms with Crippen molar-refractivity contribution in [3.05, 3.63) is 36.1 Å². The standard InChI is InChI=1S/C11H8FN3O/c1-15-11(13-7-16)6-10(14-15)8-2-4-9(12)5-3-8/h2-6H,1H3. The molecule has 0 radical (unpaired) electrons. The van der Waals surface area contributed by atoms with Crippen LogP contribution < -0.4 is 0 Å². The SMILES string of the molecule is Cn1nc(-c2ccc(F)cc2)cc1N=C=O. The van der Waals surface area contributed by atoms with Crippen LogP contribution >= 0.6 is 0 Å². The maximum absolute atomic E-state index is 12.7. The van der Waals surface area contributed by atoms with Crippen molar-refractivity contribution in [3.8, 4) is 11.3 Å². The summed E-state index contributed by atoms with van der Waals surface area (Å²) in [7, 11) is 1.67. The molecule has 5 heteroatoms. The summed E-state index contributed by atoms with van der Waals surface area (Å²) < 4.78 is 14.2. The lowest BCUT2D eigenvalue weighted by molar-refractivity contribution is 0.564. The summed E-state index contributed by atoms with van der Waals surface area (Å²) >= 11 is 0. The molecular formula is C11H8FN3O. The number of aromatic nitrogens is 2. The van der Waals surface area contributed by atoms with E-state index in [2.05, 4.69) is 10.1 Å². The first-order valence-corrected chi connectivity index (χ1v) is 4.58. The summed E-state index contributed by atoms with van der Waals surface area (Å²) in [6.07, 6.45) is 1.45. The van der Waals surface area contributed by atoms with Crippen molar-refractivity contribution < 1.29 is 9.18 Å². The van der Waals surface area contributed by atoms with E-state index in [0.29, 0.717) is 11.5 Å². The summed E-state index contributed by atoms with van der Waals surface area (Å²) in [5.41, 5.74) is 1.40. The zero-order valence-corrected chi connectivity index (χ0v) is 8.51. The Morgan fingerprint density at radius 3 is 2.69 bits per heavy atom. The number of hydrogen-bond donors (Lipinski definition) is 0. The van der Waals surface area contributed by atoms with Crippen molar-refractivity contribution in [2.45, 2.75) is 0 Å². The Kier molecular flexibility index (Phi) is 2.62. The Morgan fingerprint density at radius 2 is 2.06 bits per heavy atom. The third kappa shape index (κ3) is 1.89. The molecule has 0 unspecified atom stereocenters. The number of aryl methyl sites for hydroxylation is 1. The van der Waals surface area contributed by atoms with Crippen LogP contribution in [0.4, 0.5) is 10.2 Å². The smallest absolute Gasteiger partial charge is 0.242 e. The van der Waals surface area contributed by atoms with Gasteiger partial charge in [0, 0.05) is 18.7 Å². The minimum atomic E-state index is -0.300. The molecule has 0 aliphatic carbocycles. The molecule has 1 aromatic heterocycles. The number of benzene rings is 1. The second-order valence-corrected chi connectivity index (χ2v) is 3.22. The first kappa shape index (κ1) is 10.3. The van der Waals surface area contributed by atoms with E-state index in [9.17, 15) is 9.18 Å². The molecule has 1 aromatic carbocycles. The van der Waals surface area contributed by atoms with Gasteiger partial charge in [-0.2, -0.15) is 5.10 Å². The number of nitrogens with zero attached hydrogens (tertiary/aromatic N) is 3. The Hall–Kier alpha value is -2.26. The maximum atomic E-state index is 12.7. The molecule has 2 rings (SSSR count). The summed E-state index contributed by atoms with van der Waals surface area (Å²) in [5.74, 6) is 0.111. The highest BCUT2D eigenvalue weighted by Gasteiger charge is 2.06. The van der Waals surface area contributed by atoms with Gasteiger partial charge in [0.2, 0.25) is 6.08 Å². The molecule has 4 nitrogen and oxygen atoms in total. The highest BCUT2D eigenvalue weighted by molar-refractivity contribution is 5.63. The van der Waals surface area contributed by atoms with Gasteiger partial charge in [-0.1, -0.05) is 0 Å². The quantitative estimate of drug-likeness (QED) is 0.571. The van der Waals surface area contributed by atoms with Gasteiger partial charge in [-0.3, -0.25) is 0 Å². The minimum absolute atomic E-state index is 0.300. The van der Waals surface area contributed by atoms with E-state index in [1.807, 2.05) is 0 Å². The molecule has 2 aromatic rings. The molecule has 0 saturated heterocycles. The van der Waals surface area contributed by atoms with Crippen LogP contribution in [0.25, 0.3) is 11.3 Å². The zero-order chi connectivity index (χ0) is 11.5. The molecule has 16 heavy (non-hydrogen) atoms. The molecule has 0 saturated carbocycles. The molecule has 0 fully saturated rings. The fraction of sp³-hybridized carbons (Fsp3) is 0.0909. The molecule has 0 spiro atoms. The number of aliphatic imine (C=N–C) groups is 1. The average molecular weight is 217 g/mol. The van der Waals surface area contributed by atoms with Gasteiger partial charge in [0.25, 0.3) is 0 Å². The highest BCUT2D eigenvalue weighted by atomic mass is 19.1. The van der Waals surface area contributed by atoms with Gasteiger partial charge >= 0.3 is 0 Å². The minimum Gasteiger partial charge on any atom is -0.250 e. The van der Waals surface area contributed by atoms with E-state index in [4.69, 9.17) is 0 Å². The van der Waals surface area contributed by atoms with Gasteiger partial charge in [0.05, 0.1) is 5.69 Å². The first-order valence-electron chi connectivity index (χ1n) is 4.58. The first-order chi connectivity index (χ1) is 7.70. The van der Waals surface area contributed by atoms with E-state index in [0.717, 1.165) is 5.56 Å². The third-order valence-corrected chi connectivity index (χ3v) is 2.16. The topological polar surface area (TPSA) is 47.2 Å². The lowest BCUT2D eigenvalue weighted by atomic mass is 10.1. The summed E-state index contributed by atoms with van der Waals surface area (Å²) in [6.45, 7) is 0. The van der Waals surface area contributed by atoms with Crippen LogP contribution in [0.1, 0.15) is 0 Å². The number of isocyanates is 1. The van der Waals surface area contributed by atoms with Crippen LogP contribution in [-0.2, 0) is 11.8 Å². The van der Waals surface area contributed by atoms with E-state index in [-0.39, 0.29) is 5.82 Å². The van der Waals surface area contributed by atoms with Crippen molar-refractivity contribution in [2.24, 2.45) is 12.0 Å². The highest BCUT2D eigenvalue weighted by Crippen LogP contribution is 2.22. The van der Waals surface area contributed by atoms with Gasteiger partial charge in [-0.05, 0) is 24.3 Å². The number of halogens is 1. The fourth-order valence-corrected chi connectivity index (χ4v) is 1.37. The second kappa shape index (κ2) is 4.08.